The molecule has 0 bridgehead atoms. The highest BCUT2D eigenvalue weighted by atomic mass is 32.2. The van der Waals surface area contributed by atoms with E-state index < -0.39 is 5.41 Å². The summed E-state index contributed by atoms with van der Waals surface area (Å²) >= 11 is 3.22. The molecule has 2 aliphatic rings. The highest BCUT2D eigenvalue weighted by Gasteiger charge is 2.47. The average Bonchev–Trinajstić information content (AvgIpc) is 3.57. The molecule has 2 aromatic carbocycles. The van der Waals surface area contributed by atoms with Crippen LogP contribution in [0.4, 0.5) is 0 Å². The summed E-state index contributed by atoms with van der Waals surface area (Å²) in [4.78, 5) is 21.0. The summed E-state index contributed by atoms with van der Waals surface area (Å²) in [7, 11) is 0. The maximum absolute atomic E-state index is 13.6. The van der Waals surface area contributed by atoms with Crippen LogP contribution in [0.25, 0.3) is 10.2 Å². The van der Waals surface area contributed by atoms with Crippen LogP contribution in [0.5, 0.6) is 0 Å². The molecule has 0 spiro atoms. The summed E-state index contributed by atoms with van der Waals surface area (Å²) in [6, 6.07) is 16.3. The van der Waals surface area contributed by atoms with Gasteiger partial charge in [-0.05, 0) is 30.2 Å². The number of carbonyl (C=O) groups excluding carboxylic acids is 1. The number of ether oxygens (including phenoxy) is 1. The van der Waals surface area contributed by atoms with E-state index in [2.05, 4.69) is 17.1 Å². The zero-order valence-corrected chi connectivity index (χ0v) is 18.4. The Morgan fingerprint density at radius 3 is 2.87 bits per heavy atom. The molecule has 6 nitrogen and oxygen atoms in total. The van der Waals surface area contributed by atoms with Crippen LogP contribution in [-0.4, -0.2) is 38.2 Å². The van der Waals surface area contributed by atoms with Gasteiger partial charge in [0.25, 0.3) is 0 Å². The molecule has 2 aromatic heterocycles. The number of hydrogen-bond donors (Lipinski definition) is 0. The van der Waals surface area contributed by atoms with Crippen LogP contribution in [0.2, 0.25) is 0 Å². The fraction of sp³-hybridized carbons (Fsp3) is 0.261. The topological polar surface area (TPSA) is 60.2 Å². The molecule has 0 radical (unpaired) electrons. The van der Waals surface area contributed by atoms with Crippen molar-refractivity contribution >= 4 is 39.4 Å². The predicted molar refractivity (Wildman–Crippen MR) is 121 cm³/mol. The van der Waals surface area contributed by atoms with Crippen molar-refractivity contribution in [1.82, 2.24) is 19.1 Å². The number of fused-ring (bicyclic) bond motifs is 2. The lowest BCUT2D eigenvalue weighted by Crippen LogP contribution is -2.45. The zero-order valence-electron chi connectivity index (χ0n) is 16.7. The molecule has 0 N–H and O–H groups in total. The van der Waals surface area contributed by atoms with Gasteiger partial charge in [-0.25, -0.2) is 9.07 Å². The first-order valence-corrected chi connectivity index (χ1v) is 11.9. The van der Waals surface area contributed by atoms with Crippen LogP contribution in [0.3, 0.4) is 0 Å². The molecule has 1 amide bonds. The third-order valence-electron chi connectivity index (χ3n) is 6.10. The van der Waals surface area contributed by atoms with Crippen LogP contribution in [0.15, 0.2) is 65.1 Å². The Kier molecular flexibility index (Phi) is 4.59. The van der Waals surface area contributed by atoms with E-state index in [0.717, 1.165) is 33.7 Å². The molecule has 8 heteroatoms. The molecule has 31 heavy (non-hydrogen) atoms. The van der Waals surface area contributed by atoms with Crippen molar-refractivity contribution in [2.45, 2.75) is 29.8 Å². The Morgan fingerprint density at radius 1 is 1.16 bits per heavy atom. The van der Waals surface area contributed by atoms with E-state index in [1.807, 2.05) is 57.1 Å². The Balaban J connectivity index is 1.20. The first-order valence-electron chi connectivity index (χ1n) is 10.2. The van der Waals surface area contributed by atoms with Gasteiger partial charge in [-0.3, -0.25) is 4.79 Å². The molecule has 2 aliphatic heterocycles. The number of aromatic nitrogens is 3. The number of rotatable bonds is 4. The van der Waals surface area contributed by atoms with Gasteiger partial charge in [-0.15, -0.1) is 11.3 Å². The smallest absolute Gasteiger partial charge is 0.236 e. The lowest BCUT2D eigenvalue weighted by Gasteiger charge is -2.31. The molecule has 1 unspecified atom stereocenters. The number of nitrogens with zero attached hydrogens (tertiary/aromatic N) is 4. The van der Waals surface area contributed by atoms with Crippen molar-refractivity contribution in [3.05, 3.63) is 77.1 Å². The van der Waals surface area contributed by atoms with E-state index in [-0.39, 0.29) is 5.91 Å². The van der Waals surface area contributed by atoms with Crippen molar-refractivity contribution in [2.75, 3.05) is 13.2 Å². The molecular weight excluding hydrogens is 428 g/mol. The molecule has 1 atom stereocenters. The molecule has 1 fully saturated rings. The van der Waals surface area contributed by atoms with E-state index in [1.165, 1.54) is 4.70 Å². The average molecular weight is 449 g/mol. The minimum Gasteiger partial charge on any atom is -0.380 e. The number of benzene rings is 2. The van der Waals surface area contributed by atoms with Crippen LogP contribution < -0.4 is 0 Å². The number of amides is 1. The summed E-state index contributed by atoms with van der Waals surface area (Å²) in [5, 5.41) is 4.75. The van der Waals surface area contributed by atoms with Crippen molar-refractivity contribution in [2.24, 2.45) is 0 Å². The molecule has 0 saturated carbocycles. The summed E-state index contributed by atoms with van der Waals surface area (Å²) in [5.41, 5.74) is 5.43. The summed E-state index contributed by atoms with van der Waals surface area (Å²) in [6.07, 6.45) is 2.77. The number of thiazole rings is 1. The molecule has 156 valence electrons. The van der Waals surface area contributed by atoms with E-state index in [9.17, 15) is 4.79 Å². The van der Waals surface area contributed by atoms with Gasteiger partial charge in [0.05, 0.1) is 40.0 Å². The van der Waals surface area contributed by atoms with Gasteiger partial charge in [-0.1, -0.05) is 30.3 Å². The largest absolute Gasteiger partial charge is 0.380 e. The van der Waals surface area contributed by atoms with Crippen molar-refractivity contribution in [1.29, 1.82) is 0 Å². The third kappa shape index (κ3) is 3.26. The molecule has 6 rings (SSSR count). The van der Waals surface area contributed by atoms with E-state index in [0.29, 0.717) is 26.3 Å². The third-order valence-corrected chi connectivity index (χ3v) is 7.73. The minimum absolute atomic E-state index is 0.143. The second kappa shape index (κ2) is 7.47. The van der Waals surface area contributed by atoms with Crippen molar-refractivity contribution < 1.29 is 9.53 Å². The van der Waals surface area contributed by atoms with Gasteiger partial charge >= 0.3 is 0 Å². The fourth-order valence-corrected chi connectivity index (χ4v) is 6.09. The van der Waals surface area contributed by atoms with Crippen LogP contribution >= 0.6 is 23.3 Å². The fourth-order valence-electron chi connectivity index (χ4n) is 4.46. The van der Waals surface area contributed by atoms with Gasteiger partial charge in [0.1, 0.15) is 0 Å². The molecular formula is C23H20N4O2S2. The van der Waals surface area contributed by atoms with Gasteiger partial charge in [0, 0.05) is 41.8 Å². The first kappa shape index (κ1) is 19.0. The van der Waals surface area contributed by atoms with Crippen molar-refractivity contribution in [3.8, 4) is 0 Å². The molecule has 4 aromatic rings. The second-order valence-electron chi connectivity index (χ2n) is 7.99. The number of hydrogen-bond acceptors (Lipinski definition) is 6. The monoisotopic (exact) mass is 448 g/mol. The van der Waals surface area contributed by atoms with Gasteiger partial charge in [-0.2, -0.15) is 5.10 Å². The highest BCUT2D eigenvalue weighted by molar-refractivity contribution is 7.97. The summed E-state index contributed by atoms with van der Waals surface area (Å²) in [5.74, 6) is 0.143. The SMILES string of the molecule is O=C(N1Cc2cn(Sc3ccc4ncsc4c3)nc2C1)C1(c2ccccc2)CCOC1. The van der Waals surface area contributed by atoms with Gasteiger partial charge in [0.15, 0.2) is 0 Å². The predicted octanol–water partition coefficient (Wildman–Crippen LogP) is 4.25. The first-order chi connectivity index (χ1) is 15.2. The lowest BCUT2D eigenvalue weighted by atomic mass is 9.78. The summed E-state index contributed by atoms with van der Waals surface area (Å²) < 4.78 is 8.77. The van der Waals surface area contributed by atoms with Gasteiger partial charge in [0.2, 0.25) is 5.91 Å². The maximum atomic E-state index is 13.6. The Hall–Kier alpha value is -2.68. The standard InChI is InChI=1S/C23H20N4O2S2/c28-22(23(8-9-29-14-23)17-4-2-1-3-5-17)26-11-16-12-27(25-20(16)13-26)31-18-6-7-19-21(10-18)30-15-24-19/h1-7,10,12,15H,8-9,11,13-14H2. The lowest BCUT2D eigenvalue weighted by molar-refractivity contribution is -0.138. The van der Waals surface area contributed by atoms with Crippen molar-refractivity contribution in [3.63, 3.8) is 0 Å². The zero-order chi connectivity index (χ0) is 20.8. The van der Waals surface area contributed by atoms with Gasteiger partial charge < -0.3 is 9.64 Å². The molecule has 0 aliphatic carbocycles. The maximum Gasteiger partial charge on any atom is 0.236 e. The van der Waals surface area contributed by atoms with Crippen LogP contribution in [0.1, 0.15) is 23.2 Å². The quantitative estimate of drug-likeness (QED) is 0.467. The second-order valence-corrected chi connectivity index (χ2v) is 9.90. The van der Waals surface area contributed by atoms with E-state index >= 15 is 0 Å². The Morgan fingerprint density at radius 2 is 2.06 bits per heavy atom. The molecule has 1 saturated heterocycles. The Labute approximate surface area is 188 Å². The van der Waals surface area contributed by atoms with E-state index in [4.69, 9.17) is 9.84 Å². The van der Waals surface area contributed by atoms with E-state index in [1.54, 1.807) is 23.3 Å². The minimum atomic E-state index is -0.584. The number of carbonyl (C=O) groups is 1. The molecule has 4 heterocycles. The normalized spacial score (nSPS) is 20.5. The highest BCUT2D eigenvalue weighted by Crippen LogP contribution is 2.38. The van der Waals surface area contributed by atoms with Crippen LogP contribution in [0, 0.1) is 0 Å². The Bertz CT molecular complexity index is 1240. The summed E-state index contributed by atoms with van der Waals surface area (Å²) in [6.45, 7) is 2.20. The van der Waals surface area contributed by atoms with Crippen LogP contribution in [-0.2, 0) is 28.0 Å².